The Hall–Kier alpha value is -5.66. The van der Waals surface area contributed by atoms with Crippen LogP contribution in [0.15, 0.2) is 113 Å². The van der Waals surface area contributed by atoms with Crippen LogP contribution >= 0.6 is 23.2 Å². The third kappa shape index (κ3) is 7.60. The van der Waals surface area contributed by atoms with Gasteiger partial charge in [0.05, 0.1) is 27.0 Å². The van der Waals surface area contributed by atoms with Crippen LogP contribution in [0, 0.1) is 11.8 Å². The lowest BCUT2D eigenvalue weighted by molar-refractivity contribution is -0.117. The summed E-state index contributed by atoms with van der Waals surface area (Å²) < 4.78 is 0. The van der Waals surface area contributed by atoms with Crippen molar-refractivity contribution in [3.63, 3.8) is 0 Å². The van der Waals surface area contributed by atoms with Crippen molar-refractivity contribution in [1.82, 2.24) is 9.97 Å². The molecule has 0 radical (unpaired) electrons. The van der Waals surface area contributed by atoms with Crippen molar-refractivity contribution in [2.24, 2.45) is 5.73 Å². The summed E-state index contributed by atoms with van der Waals surface area (Å²) in [4.78, 5) is 53.6. The molecule has 0 fully saturated rings. The Morgan fingerprint density at radius 3 is 1.85 bits per heavy atom. The molecule has 1 unspecified atom stereocenters. The molecular weight excluding hydrogens is 637 g/mol. The molecule has 0 aliphatic carbocycles. The molecule has 1 atom stereocenters. The average molecular weight is 665 g/mol. The number of aromatic amines is 2. The van der Waals surface area contributed by atoms with Crippen LogP contribution in [0.2, 0.25) is 10.0 Å². The number of H-pyrrole nitrogens is 2. The highest BCUT2D eigenvalue weighted by Crippen LogP contribution is 2.28. The second kappa shape index (κ2) is 14.6. The fraction of sp³-hybridized carbons (Fsp3) is 0.0556. The summed E-state index contributed by atoms with van der Waals surface area (Å²) in [5.41, 5.74) is 8.18. The molecule has 6 rings (SSSR count). The van der Waals surface area contributed by atoms with Gasteiger partial charge in [-0.15, -0.1) is 5.92 Å². The van der Waals surface area contributed by atoms with Gasteiger partial charge in [-0.1, -0.05) is 71.6 Å². The van der Waals surface area contributed by atoms with Gasteiger partial charge < -0.3 is 26.3 Å². The molecular formula is C36H27Cl2N5O4. The average Bonchev–Trinajstić information content (AvgIpc) is 3.07. The number of carbonyl (C=O) groups is 2. The molecule has 6 N–H and O–H groups in total. The molecule has 0 saturated carbocycles. The third-order valence-electron chi connectivity index (χ3n) is 7.10. The predicted molar refractivity (Wildman–Crippen MR) is 188 cm³/mol. The van der Waals surface area contributed by atoms with Crippen molar-refractivity contribution in [3.8, 4) is 11.8 Å². The molecule has 234 valence electrons. The summed E-state index contributed by atoms with van der Waals surface area (Å²) in [6, 6.07) is 25.2. The van der Waals surface area contributed by atoms with E-state index in [9.17, 15) is 19.2 Å². The van der Waals surface area contributed by atoms with Crippen molar-refractivity contribution in [2.45, 2.75) is 13.0 Å². The topological polar surface area (TPSA) is 150 Å². The first kappa shape index (κ1) is 32.7. The van der Waals surface area contributed by atoms with Crippen LogP contribution in [0.25, 0.3) is 21.5 Å². The first-order chi connectivity index (χ1) is 22.7. The molecule has 0 bridgehead atoms. The summed E-state index contributed by atoms with van der Waals surface area (Å²) in [5.74, 6) is 5.02. The number of rotatable bonds is 5. The Morgan fingerprint density at radius 2 is 1.28 bits per heavy atom. The Kier molecular flexibility index (Phi) is 10.2. The summed E-state index contributed by atoms with van der Waals surface area (Å²) in [5, 5.41) is 8.38. The van der Waals surface area contributed by atoms with Gasteiger partial charge in [0.25, 0.3) is 17.0 Å². The van der Waals surface area contributed by atoms with Gasteiger partial charge in [-0.25, -0.2) is 0 Å². The Labute approximate surface area is 278 Å². The zero-order chi connectivity index (χ0) is 33.5. The second-order valence-corrected chi connectivity index (χ2v) is 11.0. The lowest BCUT2D eigenvalue weighted by Gasteiger charge is -2.14. The number of carbonyl (C=O) groups excluding carboxylic acids is 2. The van der Waals surface area contributed by atoms with Crippen molar-refractivity contribution in [3.05, 3.63) is 151 Å². The summed E-state index contributed by atoms with van der Waals surface area (Å²) in [7, 11) is 0. The zero-order valence-corrected chi connectivity index (χ0v) is 26.4. The highest BCUT2D eigenvalue weighted by Gasteiger charge is 2.17. The first-order valence-corrected chi connectivity index (χ1v) is 15.0. The van der Waals surface area contributed by atoms with Crippen molar-refractivity contribution < 1.29 is 9.59 Å². The van der Waals surface area contributed by atoms with Gasteiger partial charge in [0, 0.05) is 28.7 Å². The van der Waals surface area contributed by atoms with Crippen LogP contribution in [-0.2, 0) is 4.79 Å². The fourth-order valence-electron chi connectivity index (χ4n) is 4.75. The van der Waals surface area contributed by atoms with Crippen LogP contribution in [-0.4, -0.2) is 21.8 Å². The third-order valence-corrected chi connectivity index (χ3v) is 7.73. The van der Waals surface area contributed by atoms with Crippen molar-refractivity contribution in [2.75, 3.05) is 10.6 Å². The van der Waals surface area contributed by atoms with E-state index in [2.05, 4.69) is 32.4 Å². The van der Waals surface area contributed by atoms with Crippen LogP contribution in [0.1, 0.15) is 34.5 Å². The van der Waals surface area contributed by atoms with Crippen LogP contribution < -0.4 is 27.5 Å². The van der Waals surface area contributed by atoms with E-state index in [4.69, 9.17) is 28.9 Å². The highest BCUT2D eigenvalue weighted by molar-refractivity contribution is 6.35. The van der Waals surface area contributed by atoms with E-state index in [1.807, 2.05) is 24.3 Å². The molecule has 9 nitrogen and oxygen atoms in total. The monoisotopic (exact) mass is 663 g/mol. The maximum atomic E-state index is 12.6. The maximum Gasteiger partial charge on any atom is 0.256 e. The summed E-state index contributed by atoms with van der Waals surface area (Å²) in [6.07, 6.45) is 3.09. The smallest absolute Gasteiger partial charge is 0.256 e. The maximum absolute atomic E-state index is 12.6. The van der Waals surface area contributed by atoms with E-state index in [0.717, 1.165) is 0 Å². The summed E-state index contributed by atoms with van der Waals surface area (Å²) in [6.45, 7) is 1.71. The highest BCUT2D eigenvalue weighted by atomic mass is 35.5. The zero-order valence-electron chi connectivity index (χ0n) is 24.9. The molecule has 0 spiro atoms. The SMILES string of the molecule is CC#Cc1ccccc1C(=O)Nc1cc2cc[nH]c(=O)c2cc1Cl.NC(C(=O)Nc1cc2cc[nH]c(=O)c2cc1Cl)c1ccccc1. The minimum atomic E-state index is -0.804. The van der Waals surface area contributed by atoms with Crippen molar-refractivity contribution in [1.29, 1.82) is 0 Å². The van der Waals surface area contributed by atoms with E-state index in [1.54, 1.807) is 80.0 Å². The minimum Gasteiger partial charge on any atom is -0.329 e. The number of hydrogen-bond acceptors (Lipinski definition) is 5. The number of amides is 2. The first-order valence-electron chi connectivity index (χ1n) is 14.2. The number of nitrogens with two attached hydrogens (primary N) is 1. The number of pyridine rings is 2. The number of benzene rings is 4. The van der Waals surface area contributed by atoms with Crippen molar-refractivity contribution >= 4 is 67.9 Å². The quantitative estimate of drug-likeness (QED) is 0.131. The van der Waals surface area contributed by atoms with Crippen LogP contribution in [0.5, 0.6) is 0 Å². The Balaban J connectivity index is 0.000000185. The molecule has 0 aliphatic rings. The number of nitrogens with one attached hydrogen (secondary N) is 4. The molecule has 4 aromatic carbocycles. The van der Waals surface area contributed by atoms with Gasteiger partial charge in [-0.05, 0) is 71.8 Å². The molecule has 6 aromatic rings. The van der Waals surface area contributed by atoms with Gasteiger partial charge in [0.2, 0.25) is 5.91 Å². The minimum absolute atomic E-state index is 0.226. The lowest BCUT2D eigenvalue weighted by Crippen LogP contribution is -2.27. The molecule has 0 aliphatic heterocycles. The standard InChI is InChI=1S/C19H13ClN2O2.C17H14ClN3O2/c1-2-5-12-6-3-4-7-14(12)19(24)22-17-10-13-8-9-21-18(23)15(13)11-16(17)20;18-13-9-12-11(6-7-20-16(12)22)8-14(13)21-17(23)15(19)10-4-2-1-3-5-10/h3-4,6-11H,1H3,(H,21,23)(H,22,24);1-9,15H,19H2,(H,20,22)(H,21,23). The Bertz CT molecular complexity index is 2310. The van der Waals surface area contributed by atoms with Crippen LogP contribution in [0.4, 0.5) is 11.4 Å². The molecule has 2 heterocycles. The van der Waals surface area contributed by atoms with E-state index < -0.39 is 6.04 Å². The molecule has 47 heavy (non-hydrogen) atoms. The van der Waals surface area contributed by atoms with Gasteiger partial charge in [-0.2, -0.15) is 0 Å². The molecule has 11 heteroatoms. The van der Waals surface area contributed by atoms with Crippen LogP contribution in [0.3, 0.4) is 0 Å². The fourth-order valence-corrected chi connectivity index (χ4v) is 5.17. The van der Waals surface area contributed by atoms with E-state index in [-0.39, 0.29) is 28.0 Å². The van der Waals surface area contributed by atoms with Gasteiger partial charge in [0.15, 0.2) is 0 Å². The molecule has 2 aromatic heterocycles. The number of anilines is 2. The summed E-state index contributed by atoms with van der Waals surface area (Å²) >= 11 is 12.4. The largest absolute Gasteiger partial charge is 0.329 e. The number of hydrogen-bond donors (Lipinski definition) is 5. The number of aromatic nitrogens is 2. The van der Waals surface area contributed by atoms with Gasteiger partial charge >= 0.3 is 0 Å². The van der Waals surface area contributed by atoms with Gasteiger partial charge in [-0.3, -0.25) is 19.2 Å². The molecule has 0 saturated heterocycles. The number of halogens is 2. The van der Waals surface area contributed by atoms with E-state index in [0.29, 0.717) is 54.6 Å². The van der Waals surface area contributed by atoms with Gasteiger partial charge in [0.1, 0.15) is 6.04 Å². The number of fused-ring (bicyclic) bond motifs is 2. The van der Waals surface area contributed by atoms with E-state index in [1.165, 1.54) is 6.07 Å². The Morgan fingerprint density at radius 1 is 0.745 bits per heavy atom. The van der Waals surface area contributed by atoms with E-state index >= 15 is 0 Å². The lowest BCUT2D eigenvalue weighted by atomic mass is 10.1. The second-order valence-electron chi connectivity index (χ2n) is 10.2. The molecule has 2 amide bonds. The predicted octanol–water partition coefficient (Wildman–Crippen LogP) is 6.63. The normalized spacial score (nSPS) is 11.1.